The lowest BCUT2D eigenvalue weighted by molar-refractivity contribution is -0.136. The van der Waals surface area contributed by atoms with Gasteiger partial charge in [-0.25, -0.2) is 0 Å². The monoisotopic (exact) mass is 250 g/mol. The van der Waals surface area contributed by atoms with Crippen LogP contribution in [-0.4, -0.2) is 55.7 Å². The van der Waals surface area contributed by atoms with Gasteiger partial charge in [-0.1, -0.05) is 7.92 Å². The summed E-state index contributed by atoms with van der Waals surface area (Å²) in [5.74, 6) is -0.847. The lowest BCUT2D eigenvalue weighted by Crippen LogP contribution is -2.08. The van der Waals surface area contributed by atoms with Gasteiger partial charge in [0.2, 0.25) is 0 Å². The van der Waals surface area contributed by atoms with Crippen LogP contribution < -0.4 is 0 Å². The Balaban J connectivity index is 3.79. The molecule has 0 rings (SSSR count). The fourth-order valence-corrected chi connectivity index (χ4v) is 2.95. The second-order valence-electron chi connectivity index (χ2n) is 2.92. The number of hydrogen-bond donors (Lipinski definition) is 1. The van der Waals surface area contributed by atoms with Crippen molar-refractivity contribution in [1.29, 1.82) is 0 Å². The van der Waals surface area contributed by atoms with Crippen molar-refractivity contribution in [3.63, 3.8) is 0 Å². The first-order chi connectivity index (χ1) is 7.70. The lowest BCUT2D eigenvalue weighted by Gasteiger charge is -2.15. The maximum absolute atomic E-state index is 10.4. The molecule has 0 aromatic heterocycles. The molecular formula is C9H15O6P. The van der Waals surface area contributed by atoms with Gasteiger partial charge in [-0.2, -0.15) is 0 Å². The molecule has 0 fully saturated rings. The first-order valence-electron chi connectivity index (χ1n) is 4.75. The van der Waals surface area contributed by atoms with E-state index in [1.807, 2.05) is 0 Å². The third kappa shape index (κ3) is 9.40. The summed E-state index contributed by atoms with van der Waals surface area (Å²) in [5, 5.41) is 8.54. The van der Waals surface area contributed by atoms with Crippen LogP contribution in [0.25, 0.3) is 0 Å². The molecule has 0 aliphatic rings. The zero-order chi connectivity index (χ0) is 12.2. The van der Waals surface area contributed by atoms with Crippen LogP contribution >= 0.6 is 7.92 Å². The molecule has 0 aliphatic heterocycles. The van der Waals surface area contributed by atoms with Crippen molar-refractivity contribution in [3.8, 4) is 0 Å². The van der Waals surface area contributed by atoms with E-state index in [4.69, 9.17) is 5.11 Å². The van der Waals surface area contributed by atoms with Gasteiger partial charge in [0, 0.05) is 18.7 Å². The zero-order valence-electron chi connectivity index (χ0n) is 8.83. The van der Waals surface area contributed by atoms with E-state index in [1.165, 1.54) is 0 Å². The zero-order valence-corrected chi connectivity index (χ0v) is 9.73. The van der Waals surface area contributed by atoms with Gasteiger partial charge in [-0.3, -0.25) is 14.4 Å². The minimum Gasteiger partial charge on any atom is -0.481 e. The molecule has 0 spiro atoms. The van der Waals surface area contributed by atoms with Crippen LogP contribution in [0.2, 0.25) is 0 Å². The first-order valence-corrected chi connectivity index (χ1v) is 6.65. The van der Waals surface area contributed by atoms with E-state index in [0.717, 1.165) is 0 Å². The van der Waals surface area contributed by atoms with E-state index in [-0.39, 0.29) is 19.6 Å². The summed E-state index contributed by atoms with van der Waals surface area (Å²) in [6.07, 6.45) is 1.93. The summed E-state index contributed by atoms with van der Waals surface area (Å²) in [5.41, 5.74) is 0. The summed E-state index contributed by atoms with van der Waals surface area (Å²) in [7, 11) is -0.565. The number of carboxylic acid groups (broad SMARTS) is 1. The molecule has 0 amide bonds. The molecule has 0 bridgehead atoms. The topological polar surface area (TPSA) is 89.9 Å². The summed E-state index contributed by atoms with van der Waals surface area (Å²) in [4.78, 5) is 30.3. The number of carbonyl (C=O) groups excluding carboxylic acids is 2. The van der Waals surface area contributed by atoms with Gasteiger partial charge in [0.25, 0.3) is 12.9 Å². The smallest absolute Gasteiger partial charge is 0.303 e. The summed E-state index contributed by atoms with van der Waals surface area (Å²) in [6, 6.07) is 0. The number of rotatable bonds is 11. The van der Waals surface area contributed by atoms with E-state index >= 15 is 0 Å². The third-order valence-electron chi connectivity index (χ3n) is 1.83. The van der Waals surface area contributed by atoms with Crippen molar-refractivity contribution in [2.45, 2.75) is 6.42 Å². The summed E-state index contributed by atoms with van der Waals surface area (Å²) < 4.78 is 9.11. The summed E-state index contributed by atoms with van der Waals surface area (Å²) in [6.45, 7) is 1.31. The van der Waals surface area contributed by atoms with Crippen LogP contribution in [0.15, 0.2) is 0 Å². The molecule has 0 saturated heterocycles. The Morgan fingerprint density at radius 2 is 1.56 bits per heavy atom. The molecule has 0 atom stereocenters. The number of ether oxygens (including phenoxy) is 2. The molecule has 92 valence electrons. The normalized spacial score (nSPS) is 9.81. The van der Waals surface area contributed by atoms with Crippen LogP contribution in [-0.2, 0) is 23.9 Å². The average Bonchev–Trinajstić information content (AvgIpc) is 2.25. The largest absolute Gasteiger partial charge is 0.481 e. The standard InChI is InChI=1S/C9H15O6P/c10-7-14-2-5-16(4-1-9(12)13)6-3-15-8-11/h7-8H,1-6H2,(H,12,13). The minimum absolute atomic E-state index is 0.0912. The number of hydrogen-bond acceptors (Lipinski definition) is 5. The highest BCUT2D eigenvalue weighted by atomic mass is 31.1. The average molecular weight is 250 g/mol. The number of aliphatic carboxylic acids is 1. The minimum atomic E-state index is -0.847. The molecule has 0 saturated carbocycles. The van der Waals surface area contributed by atoms with E-state index in [0.29, 0.717) is 31.4 Å². The molecule has 0 aromatic rings. The Bertz CT molecular complexity index is 206. The quantitative estimate of drug-likeness (QED) is 0.322. The first kappa shape index (κ1) is 14.8. The molecular weight excluding hydrogens is 235 g/mol. The van der Waals surface area contributed by atoms with Gasteiger partial charge >= 0.3 is 5.97 Å². The van der Waals surface area contributed by atoms with Gasteiger partial charge in [-0.05, 0) is 6.16 Å². The molecule has 6 nitrogen and oxygen atoms in total. The molecule has 0 unspecified atom stereocenters. The highest BCUT2D eigenvalue weighted by Crippen LogP contribution is 2.35. The Morgan fingerprint density at radius 3 is 1.94 bits per heavy atom. The third-order valence-corrected chi connectivity index (χ3v) is 4.31. The van der Waals surface area contributed by atoms with Gasteiger partial charge in [0.15, 0.2) is 0 Å². The van der Waals surface area contributed by atoms with E-state index in [2.05, 4.69) is 9.47 Å². The van der Waals surface area contributed by atoms with Crippen molar-refractivity contribution < 1.29 is 29.0 Å². The van der Waals surface area contributed by atoms with Crippen LogP contribution in [0.5, 0.6) is 0 Å². The molecule has 16 heavy (non-hydrogen) atoms. The van der Waals surface area contributed by atoms with Crippen molar-refractivity contribution in [1.82, 2.24) is 0 Å². The predicted octanol–water partition coefficient (Wildman–Crippen LogP) is 0.289. The fourth-order valence-electron chi connectivity index (χ4n) is 1.05. The maximum Gasteiger partial charge on any atom is 0.303 e. The second-order valence-corrected chi connectivity index (χ2v) is 5.60. The van der Waals surface area contributed by atoms with Crippen molar-refractivity contribution in [3.05, 3.63) is 0 Å². The highest BCUT2D eigenvalue weighted by Gasteiger charge is 2.10. The number of carbonyl (C=O) groups is 3. The number of carboxylic acids is 1. The van der Waals surface area contributed by atoms with E-state index < -0.39 is 13.9 Å². The van der Waals surface area contributed by atoms with Crippen molar-refractivity contribution >= 4 is 26.8 Å². The van der Waals surface area contributed by atoms with Crippen molar-refractivity contribution in [2.75, 3.05) is 31.7 Å². The van der Waals surface area contributed by atoms with Crippen LogP contribution in [0.1, 0.15) is 6.42 Å². The van der Waals surface area contributed by atoms with Crippen LogP contribution in [0, 0.1) is 0 Å². The predicted molar refractivity (Wildman–Crippen MR) is 57.8 cm³/mol. The molecule has 0 heterocycles. The molecule has 7 heteroatoms. The van der Waals surface area contributed by atoms with Gasteiger partial charge < -0.3 is 14.6 Å². The Kier molecular flexibility index (Phi) is 9.61. The Hall–Kier alpha value is -1.16. The van der Waals surface area contributed by atoms with Gasteiger partial charge in [-0.15, -0.1) is 0 Å². The van der Waals surface area contributed by atoms with E-state index in [9.17, 15) is 14.4 Å². The molecule has 1 N–H and O–H groups in total. The summed E-state index contributed by atoms with van der Waals surface area (Å²) >= 11 is 0. The molecule has 0 aromatic carbocycles. The van der Waals surface area contributed by atoms with Gasteiger partial charge in [0.1, 0.15) is 0 Å². The second kappa shape index (κ2) is 10.4. The highest BCUT2D eigenvalue weighted by molar-refractivity contribution is 7.57. The Labute approximate surface area is 94.7 Å². The fraction of sp³-hybridized carbons (Fsp3) is 0.667. The lowest BCUT2D eigenvalue weighted by atomic mass is 10.5. The maximum atomic E-state index is 10.4. The molecule has 0 aliphatic carbocycles. The Morgan fingerprint density at radius 1 is 1.06 bits per heavy atom. The van der Waals surface area contributed by atoms with E-state index in [1.54, 1.807) is 0 Å². The molecule has 0 radical (unpaired) electrons. The van der Waals surface area contributed by atoms with Crippen LogP contribution in [0.4, 0.5) is 0 Å². The van der Waals surface area contributed by atoms with Gasteiger partial charge in [0.05, 0.1) is 13.2 Å². The SMILES string of the molecule is O=COCCP(CCOC=O)CCC(=O)O. The van der Waals surface area contributed by atoms with Crippen LogP contribution in [0.3, 0.4) is 0 Å². The van der Waals surface area contributed by atoms with Crippen molar-refractivity contribution in [2.24, 2.45) is 0 Å².